The van der Waals surface area contributed by atoms with E-state index in [1.54, 1.807) is 29.2 Å². The van der Waals surface area contributed by atoms with Gasteiger partial charge in [0.25, 0.3) is 11.8 Å². The number of hydrogen-bond acceptors (Lipinski definition) is 3. The molecule has 168 valence electrons. The molecule has 0 aliphatic carbocycles. The van der Waals surface area contributed by atoms with Crippen LogP contribution in [-0.2, 0) is 16.2 Å². The van der Waals surface area contributed by atoms with E-state index in [2.05, 4.69) is 0 Å². The maximum Gasteiger partial charge on any atom is 0.268 e. The molecule has 0 saturated carbocycles. The minimum Gasteiger partial charge on any atom is -0.310 e. The van der Waals surface area contributed by atoms with Crippen molar-refractivity contribution in [2.45, 2.75) is 30.0 Å². The third-order valence-electron chi connectivity index (χ3n) is 6.03. The molecule has 2 heterocycles. The summed E-state index contributed by atoms with van der Waals surface area (Å²) in [7, 11) is 0. The van der Waals surface area contributed by atoms with E-state index in [0.717, 1.165) is 5.56 Å². The zero-order valence-electron chi connectivity index (χ0n) is 18.2. The summed E-state index contributed by atoms with van der Waals surface area (Å²) in [5.41, 5.74) is 2.30. The fourth-order valence-electron chi connectivity index (χ4n) is 4.68. The fraction of sp³-hybridized carbons (Fsp3) is 0.231. The molecule has 2 aliphatic heterocycles. The summed E-state index contributed by atoms with van der Waals surface area (Å²) >= 11 is 7.80. The predicted molar refractivity (Wildman–Crippen MR) is 130 cm³/mol. The zero-order valence-corrected chi connectivity index (χ0v) is 19.8. The number of hydrogen-bond donors (Lipinski definition) is 0. The lowest BCUT2D eigenvalue weighted by molar-refractivity contribution is -0.123. The van der Waals surface area contributed by atoms with Crippen LogP contribution in [0.2, 0.25) is 5.02 Å². The van der Waals surface area contributed by atoms with Crippen LogP contribution in [0.5, 0.6) is 0 Å². The third kappa shape index (κ3) is 3.52. The van der Waals surface area contributed by atoms with Crippen LogP contribution < -0.4 is 4.90 Å². The van der Waals surface area contributed by atoms with E-state index < -0.39 is 21.3 Å². The molecule has 0 bridgehead atoms. The number of benzene rings is 3. The minimum absolute atomic E-state index is 0.0481. The van der Waals surface area contributed by atoms with Gasteiger partial charge in [0.15, 0.2) is 4.87 Å². The number of anilines is 1. The largest absolute Gasteiger partial charge is 0.310 e. The first-order chi connectivity index (χ1) is 15.7. The Balaban J connectivity index is 1.67. The van der Waals surface area contributed by atoms with E-state index >= 15 is 0 Å². The Morgan fingerprint density at radius 3 is 2.48 bits per heavy atom. The number of carbonyl (C=O) groups is 2. The van der Waals surface area contributed by atoms with Crippen molar-refractivity contribution in [2.75, 3.05) is 11.4 Å². The highest BCUT2D eigenvalue weighted by Crippen LogP contribution is 2.60. The fourth-order valence-corrected chi connectivity index (χ4v) is 6.57. The molecule has 0 radical (unpaired) electrons. The molecular weight excluding hydrogens is 459 g/mol. The van der Waals surface area contributed by atoms with E-state index in [9.17, 15) is 14.0 Å². The Morgan fingerprint density at radius 2 is 1.76 bits per heavy atom. The van der Waals surface area contributed by atoms with Crippen molar-refractivity contribution >= 4 is 40.9 Å². The number of carbonyl (C=O) groups excluding carboxylic acids is 2. The summed E-state index contributed by atoms with van der Waals surface area (Å²) in [6, 6.07) is 20.9. The van der Waals surface area contributed by atoms with Gasteiger partial charge in [0.2, 0.25) is 0 Å². The molecule has 4 nitrogen and oxygen atoms in total. The Bertz CT molecular complexity index is 1270. The van der Waals surface area contributed by atoms with Gasteiger partial charge in [-0.15, -0.1) is 11.8 Å². The lowest BCUT2D eigenvalue weighted by atomic mass is 10.0. The summed E-state index contributed by atoms with van der Waals surface area (Å²) < 4.78 is 14.2. The molecular formula is C26H22ClFN2O2S. The first-order valence-corrected chi connectivity index (χ1v) is 11.8. The van der Waals surface area contributed by atoms with Gasteiger partial charge in [-0.25, -0.2) is 4.39 Å². The third-order valence-corrected chi connectivity index (χ3v) is 7.85. The van der Waals surface area contributed by atoms with Crippen molar-refractivity contribution < 1.29 is 14.0 Å². The monoisotopic (exact) mass is 480 g/mol. The second-order valence-corrected chi connectivity index (χ2v) is 11.3. The zero-order chi connectivity index (χ0) is 23.4. The molecule has 0 unspecified atom stereocenters. The average Bonchev–Trinajstić information content (AvgIpc) is 3.20. The summed E-state index contributed by atoms with van der Waals surface area (Å²) in [4.78, 5) is 29.8. The standard InChI is InChI=1S/C26H22ClFN2O2S/c1-25(2)16-30(23(31)19-10-6-7-11-21(19)28)26(33-25)20-14-18(27)12-13-22(20)29(24(26)32)15-17-8-4-3-5-9-17/h3-14H,15-16H2,1-2H3/t26-/m0/s1. The Morgan fingerprint density at radius 1 is 1.06 bits per heavy atom. The first-order valence-electron chi connectivity index (χ1n) is 10.7. The average molecular weight is 481 g/mol. The van der Waals surface area contributed by atoms with Crippen LogP contribution in [-0.4, -0.2) is 28.0 Å². The molecule has 1 spiro atoms. The smallest absolute Gasteiger partial charge is 0.268 e. The molecule has 7 heteroatoms. The van der Waals surface area contributed by atoms with Crippen LogP contribution in [0.15, 0.2) is 72.8 Å². The number of amides is 2. The van der Waals surface area contributed by atoms with E-state index in [-0.39, 0.29) is 11.5 Å². The molecule has 1 atom stereocenters. The van der Waals surface area contributed by atoms with E-state index in [1.165, 1.54) is 28.8 Å². The molecule has 3 aromatic carbocycles. The highest BCUT2D eigenvalue weighted by atomic mass is 35.5. The van der Waals surface area contributed by atoms with Crippen LogP contribution >= 0.6 is 23.4 Å². The minimum atomic E-state index is -1.32. The maximum atomic E-state index is 14.6. The second-order valence-electron chi connectivity index (χ2n) is 8.92. The number of rotatable bonds is 3. The molecule has 5 rings (SSSR count). The Hall–Kier alpha value is -2.83. The quantitative estimate of drug-likeness (QED) is 0.472. The molecule has 0 N–H and O–H groups in total. The van der Waals surface area contributed by atoms with Gasteiger partial charge in [0, 0.05) is 21.9 Å². The van der Waals surface area contributed by atoms with Gasteiger partial charge >= 0.3 is 0 Å². The highest BCUT2D eigenvalue weighted by Gasteiger charge is 2.63. The summed E-state index contributed by atoms with van der Waals surface area (Å²) in [6.45, 7) is 4.64. The Kier molecular flexibility index (Phi) is 5.26. The lowest BCUT2D eigenvalue weighted by Gasteiger charge is -2.33. The van der Waals surface area contributed by atoms with Crippen LogP contribution in [0.1, 0.15) is 35.3 Å². The van der Waals surface area contributed by atoms with E-state index in [1.807, 2.05) is 50.2 Å². The maximum absolute atomic E-state index is 14.6. The van der Waals surface area contributed by atoms with Gasteiger partial charge in [-0.1, -0.05) is 54.1 Å². The van der Waals surface area contributed by atoms with Crippen molar-refractivity contribution in [1.82, 2.24) is 4.90 Å². The molecule has 3 aromatic rings. The Labute approximate surface area is 201 Å². The molecule has 33 heavy (non-hydrogen) atoms. The summed E-state index contributed by atoms with van der Waals surface area (Å²) in [5, 5.41) is 0.478. The summed E-state index contributed by atoms with van der Waals surface area (Å²) in [5.74, 6) is -1.33. The van der Waals surface area contributed by atoms with Crippen molar-refractivity contribution in [1.29, 1.82) is 0 Å². The predicted octanol–water partition coefficient (Wildman–Crippen LogP) is 5.85. The SMILES string of the molecule is CC1(C)CN(C(=O)c2ccccc2F)[C@@]2(S1)C(=O)N(Cc1ccccc1)c1ccc(Cl)cc12. The number of nitrogens with zero attached hydrogens (tertiary/aromatic N) is 2. The highest BCUT2D eigenvalue weighted by molar-refractivity contribution is 8.02. The van der Waals surface area contributed by atoms with Crippen LogP contribution in [0.3, 0.4) is 0 Å². The van der Waals surface area contributed by atoms with Crippen molar-refractivity contribution in [2.24, 2.45) is 0 Å². The van der Waals surface area contributed by atoms with Crippen LogP contribution in [0, 0.1) is 5.82 Å². The van der Waals surface area contributed by atoms with Crippen molar-refractivity contribution in [3.05, 3.63) is 100 Å². The lowest BCUT2D eigenvalue weighted by Crippen LogP contribution is -2.50. The van der Waals surface area contributed by atoms with Crippen molar-refractivity contribution in [3.63, 3.8) is 0 Å². The normalized spacial score (nSPS) is 21.0. The van der Waals surface area contributed by atoms with Crippen LogP contribution in [0.4, 0.5) is 10.1 Å². The van der Waals surface area contributed by atoms with E-state index in [0.29, 0.717) is 29.4 Å². The van der Waals surface area contributed by atoms with Gasteiger partial charge in [0.1, 0.15) is 5.82 Å². The molecule has 2 amide bonds. The first kappa shape index (κ1) is 22.0. The molecule has 1 fully saturated rings. The van der Waals surface area contributed by atoms with Gasteiger partial charge < -0.3 is 9.80 Å². The second kappa shape index (κ2) is 7.89. The van der Waals surface area contributed by atoms with Gasteiger partial charge in [-0.2, -0.15) is 0 Å². The number of thioether (sulfide) groups is 1. The molecule has 2 aliphatic rings. The van der Waals surface area contributed by atoms with E-state index in [4.69, 9.17) is 11.6 Å². The van der Waals surface area contributed by atoms with Gasteiger partial charge in [-0.3, -0.25) is 9.59 Å². The molecule has 0 aromatic heterocycles. The molecule has 1 saturated heterocycles. The van der Waals surface area contributed by atoms with Crippen molar-refractivity contribution in [3.8, 4) is 0 Å². The topological polar surface area (TPSA) is 40.6 Å². The van der Waals surface area contributed by atoms with Gasteiger partial charge in [0.05, 0.1) is 17.8 Å². The number of fused-ring (bicyclic) bond motifs is 2. The number of halogens is 2. The van der Waals surface area contributed by atoms with Gasteiger partial charge in [-0.05, 0) is 49.7 Å². The van der Waals surface area contributed by atoms with Crippen LogP contribution in [0.25, 0.3) is 0 Å². The summed E-state index contributed by atoms with van der Waals surface area (Å²) in [6.07, 6.45) is 0.